The monoisotopic (exact) mass is 303 g/mol. The molecule has 0 saturated carbocycles. The molecule has 1 amide bonds. The van der Waals surface area contributed by atoms with Crippen molar-refractivity contribution in [2.45, 2.75) is 51.6 Å². The molecule has 1 aromatic heterocycles. The molecule has 22 heavy (non-hydrogen) atoms. The Kier molecular flexibility index (Phi) is 4.57. The minimum absolute atomic E-state index is 0.0187. The summed E-state index contributed by atoms with van der Waals surface area (Å²) in [5.41, 5.74) is 1.00. The lowest BCUT2D eigenvalue weighted by Gasteiger charge is -2.33. The van der Waals surface area contributed by atoms with E-state index in [0.717, 1.165) is 62.7 Å². The second kappa shape index (κ2) is 6.60. The zero-order chi connectivity index (χ0) is 15.5. The van der Waals surface area contributed by atoms with Crippen LogP contribution in [0, 0.1) is 13.8 Å². The van der Waals surface area contributed by atoms with E-state index in [1.807, 2.05) is 19.9 Å². The minimum atomic E-state index is 0.0187. The summed E-state index contributed by atoms with van der Waals surface area (Å²) in [5, 5.41) is 6.45. The molecule has 0 aromatic carbocycles. The van der Waals surface area contributed by atoms with E-state index in [2.05, 4.69) is 25.5 Å². The van der Waals surface area contributed by atoms with E-state index < -0.39 is 0 Å². The zero-order valence-electron chi connectivity index (χ0n) is 13.4. The SMILES string of the molecule is Cc1cc(N2CCC(NC(=O)C3CCCN3)CC2)nc(C)n1. The Bertz CT molecular complexity index is 513. The molecule has 1 unspecified atom stereocenters. The van der Waals surface area contributed by atoms with Crippen LogP contribution in [0.25, 0.3) is 0 Å². The summed E-state index contributed by atoms with van der Waals surface area (Å²) in [6, 6.07) is 2.34. The highest BCUT2D eigenvalue weighted by Gasteiger charge is 2.26. The van der Waals surface area contributed by atoms with Crippen LogP contribution in [-0.4, -0.2) is 47.6 Å². The van der Waals surface area contributed by atoms with Crippen LogP contribution in [0.1, 0.15) is 37.2 Å². The number of rotatable bonds is 3. The Morgan fingerprint density at radius 3 is 2.68 bits per heavy atom. The number of nitrogens with zero attached hydrogens (tertiary/aromatic N) is 3. The second-order valence-corrected chi connectivity index (χ2v) is 6.33. The third-order valence-corrected chi connectivity index (χ3v) is 4.49. The number of anilines is 1. The summed E-state index contributed by atoms with van der Waals surface area (Å²) in [6.45, 7) is 6.75. The Hall–Kier alpha value is -1.69. The molecule has 2 N–H and O–H groups in total. The van der Waals surface area contributed by atoms with Crippen molar-refractivity contribution in [3.63, 3.8) is 0 Å². The first kappa shape index (κ1) is 15.2. The van der Waals surface area contributed by atoms with Gasteiger partial charge in [0.05, 0.1) is 6.04 Å². The summed E-state index contributed by atoms with van der Waals surface area (Å²) in [4.78, 5) is 23.3. The van der Waals surface area contributed by atoms with Gasteiger partial charge in [-0.25, -0.2) is 9.97 Å². The smallest absolute Gasteiger partial charge is 0.237 e. The van der Waals surface area contributed by atoms with Crippen LogP contribution in [0.5, 0.6) is 0 Å². The minimum Gasteiger partial charge on any atom is -0.356 e. The standard InChI is InChI=1S/C16H25N5O/c1-11-10-15(19-12(2)18-11)21-8-5-13(6-9-21)20-16(22)14-4-3-7-17-14/h10,13-14,17H,3-9H2,1-2H3,(H,20,22). The molecule has 0 bridgehead atoms. The molecule has 3 heterocycles. The number of hydrogen-bond acceptors (Lipinski definition) is 5. The fourth-order valence-corrected chi connectivity index (χ4v) is 3.32. The van der Waals surface area contributed by atoms with Crippen molar-refractivity contribution in [1.82, 2.24) is 20.6 Å². The van der Waals surface area contributed by atoms with E-state index in [0.29, 0.717) is 0 Å². The quantitative estimate of drug-likeness (QED) is 0.869. The van der Waals surface area contributed by atoms with E-state index in [9.17, 15) is 4.79 Å². The maximum absolute atomic E-state index is 12.1. The number of carbonyl (C=O) groups excluding carboxylic acids is 1. The molecule has 0 spiro atoms. The highest BCUT2D eigenvalue weighted by Crippen LogP contribution is 2.19. The number of aromatic nitrogens is 2. The molecular formula is C16H25N5O. The highest BCUT2D eigenvalue weighted by molar-refractivity contribution is 5.82. The lowest BCUT2D eigenvalue weighted by molar-refractivity contribution is -0.123. The Labute approximate surface area is 131 Å². The van der Waals surface area contributed by atoms with Gasteiger partial charge in [0.15, 0.2) is 0 Å². The molecule has 6 heteroatoms. The Morgan fingerprint density at radius 1 is 1.27 bits per heavy atom. The average Bonchev–Trinajstić information content (AvgIpc) is 3.01. The van der Waals surface area contributed by atoms with Gasteiger partial charge in [-0.15, -0.1) is 0 Å². The molecule has 120 valence electrons. The average molecular weight is 303 g/mol. The topological polar surface area (TPSA) is 70.2 Å². The summed E-state index contributed by atoms with van der Waals surface area (Å²) in [5.74, 6) is 2.00. The van der Waals surface area contributed by atoms with Gasteiger partial charge in [0.1, 0.15) is 11.6 Å². The maximum atomic E-state index is 12.1. The summed E-state index contributed by atoms with van der Waals surface area (Å²) >= 11 is 0. The largest absolute Gasteiger partial charge is 0.356 e. The molecule has 2 aliphatic rings. The number of nitrogens with one attached hydrogen (secondary N) is 2. The van der Waals surface area contributed by atoms with Gasteiger partial charge in [-0.2, -0.15) is 0 Å². The second-order valence-electron chi connectivity index (χ2n) is 6.33. The fourth-order valence-electron chi connectivity index (χ4n) is 3.32. The molecule has 0 radical (unpaired) electrons. The Morgan fingerprint density at radius 2 is 2.05 bits per heavy atom. The van der Waals surface area contributed by atoms with E-state index in [1.165, 1.54) is 0 Å². The van der Waals surface area contributed by atoms with Gasteiger partial charge in [0.25, 0.3) is 0 Å². The van der Waals surface area contributed by atoms with Gasteiger partial charge in [-0.05, 0) is 46.1 Å². The molecule has 2 saturated heterocycles. The lowest BCUT2D eigenvalue weighted by Crippen LogP contribution is -2.49. The van der Waals surface area contributed by atoms with Crippen molar-refractivity contribution in [3.05, 3.63) is 17.6 Å². The first-order chi connectivity index (χ1) is 10.6. The molecule has 2 fully saturated rings. The maximum Gasteiger partial charge on any atom is 0.237 e. The highest BCUT2D eigenvalue weighted by atomic mass is 16.2. The zero-order valence-corrected chi connectivity index (χ0v) is 13.4. The first-order valence-corrected chi connectivity index (χ1v) is 8.23. The van der Waals surface area contributed by atoms with Crippen LogP contribution in [0.2, 0.25) is 0 Å². The molecule has 3 rings (SSSR count). The van der Waals surface area contributed by atoms with E-state index in [4.69, 9.17) is 0 Å². The Balaban J connectivity index is 1.52. The third kappa shape index (κ3) is 3.55. The van der Waals surface area contributed by atoms with Gasteiger partial charge in [-0.1, -0.05) is 0 Å². The van der Waals surface area contributed by atoms with E-state index in [-0.39, 0.29) is 18.0 Å². The van der Waals surface area contributed by atoms with Gasteiger partial charge >= 0.3 is 0 Å². The normalized spacial score (nSPS) is 22.8. The predicted octanol–water partition coefficient (Wildman–Crippen LogP) is 0.930. The van der Waals surface area contributed by atoms with Gasteiger partial charge in [-0.3, -0.25) is 4.79 Å². The van der Waals surface area contributed by atoms with Gasteiger partial charge in [0.2, 0.25) is 5.91 Å². The van der Waals surface area contributed by atoms with E-state index >= 15 is 0 Å². The first-order valence-electron chi connectivity index (χ1n) is 8.23. The van der Waals surface area contributed by atoms with Crippen molar-refractivity contribution < 1.29 is 4.79 Å². The van der Waals surface area contributed by atoms with Crippen LogP contribution in [-0.2, 0) is 4.79 Å². The molecular weight excluding hydrogens is 278 g/mol. The summed E-state index contributed by atoms with van der Waals surface area (Å²) < 4.78 is 0. The van der Waals surface area contributed by atoms with Crippen LogP contribution in [0.15, 0.2) is 6.07 Å². The van der Waals surface area contributed by atoms with Gasteiger partial charge in [0, 0.05) is 30.9 Å². The third-order valence-electron chi connectivity index (χ3n) is 4.49. The van der Waals surface area contributed by atoms with Gasteiger partial charge < -0.3 is 15.5 Å². The number of aryl methyl sites for hydroxylation is 2. The van der Waals surface area contributed by atoms with Crippen LogP contribution >= 0.6 is 0 Å². The number of amides is 1. The fraction of sp³-hybridized carbons (Fsp3) is 0.688. The van der Waals surface area contributed by atoms with E-state index in [1.54, 1.807) is 0 Å². The van der Waals surface area contributed by atoms with Crippen molar-refractivity contribution in [2.24, 2.45) is 0 Å². The van der Waals surface area contributed by atoms with Crippen LogP contribution in [0.4, 0.5) is 5.82 Å². The van der Waals surface area contributed by atoms with Crippen molar-refractivity contribution in [1.29, 1.82) is 0 Å². The van der Waals surface area contributed by atoms with Crippen LogP contribution in [0.3, 0.4) is 0 Å². The molecule has 6 nitrogen and oxygen atoms in total. The lowest BCUT2D eigenvalue weighted by atomic mass is 10.0. The van der Waals surface area contributed by atoms with Crippen molar-refractivity contribution in [2.75, 3.05) is 24.5 Å². The summed E-state index contributed by atoms with van der Waals surface area (Å²) in [6.07, 6.45) is 4.01. The van der Waals surface area contributed by atoms with Crippen molar-refractivity contribution >= 4 is 11.7 Å². The number of carbonyl (C=O) groups is 1. The number of hydrogen-bond donors (Lipinski definition) is 2. The molecule has 1 atom stereocenters. The predicted molar refractivity (Wildman–Crippen MR) is 85.9 cm³/mol. The van der Waals surface area contributed by atoms with Crippen LogP contribution < -0.4 is 15.5 Å². The summed E-state index contributed by atoms with van der Waals surface area (Å²) in [7, 11) is 0. The van der Waals surface area contributed by atoms with Crippen molar-refractivity contribution in [3.8, 4) is 0 Å². The number of piperidine rings is 1. The molecule has 1 aromatic rings. The molecule has 0 aliphatic carbocycles. The molecule has 2 aliphatic heterocycles.